The van der Waals surface area contributed by atoms with Crippen LogP contribution in [0, 0.1) is 0 Å². The predicted octanol–water partition coefficient (Wildman–Crippen LogP) is 4.28. The Morgan fingerprint density at radius 3 is 2.55 bits per heavy atom. The van der Waals surface area contributed by atoms with Gasteiger partial charge in [-0.15, -0.1) is 5.10 Å². The Labute approximate surface area is 191 Å². The Hall–Kier alpha value is -4.46. The zero-order valence-electron chi connectivity index (χ0n) is 18.2. The lowest BCUT2D eigenvalue weighted by Crippen LogP contribution is -2.31. The van der Waals surface area contributed by atoms with Crippen LogP contribution in [0.25, 0.3) is 11.4 Å². The van der Waals surface area contributed by atoms with Crippen LogP contribution >= 0.6 is 0 Å². The Bertz CT molecular complexity index is 1310. The summed E-state index contributed by atoms with van der Waals surface area (Å²) in [5.41, 5.74) is 3.68. The summed E-state index contributed by atoms with van der Waals surface area (Å²) in [6.07, 6.45) is 3.28. The number of hydrogen-bond donors (Lipinski definition) is 2. The minimum Gasteiger partial charge on any atom is -0.497 e. The summed E-state index contributed by atoms with van der Waals surface area (Å²) >= 11 is 0. The largest absolute Gasteiger partial charge is 0.497 e. The summed E-state index contributed by atoms with van der Waals surface area (Å²) < 4.78 is 7.01. The topological polar surface area (TPSA) is 94.0 Å². The molecular formula is C25H22N6O2. The quantitative estimate of drug-likeness (QED) is 0.483. The molecule has 0 saturated carbocycles. The maximum Gasteiger partial charge on any atom is 0.255 e. The summed E-state index contributed by atoms with van der Waals surface area (Å²) in [4.78, 5) is 22.2. The molecule has 33 heavy (non-hydrogen) atoms. The van der Waals surface area contributed by atoms with E-state index in [4.69, 9.17) is 14.8 Å². The van der Waals surface area contributed by atoms with Crippen LogP contribution in [0.1, 0.15) is 18.5 Å². The molecule has 1 aliphatic rings. The molecule has 2 N–H and O–H groups in total. The SMILES string of the molecule is COc1ccc(-c2nc3n(n2)[C@H](c2ccccc2)C(C(=O)Nc2cccnc2)=C(C)N3)cc1. The van der Waals surface area contributed by atoms with Crippen molar-refractivity contribution < 1.29 is 9.53 Å². The first-order valence-electron chi connectivity index (χ1n) is 10.5. The Morgan fingerprint density at radius 1 is 1.06 bits per heavy atom. The lowest BCUT2D eigenvalue weighted by atomic mass is 9.95. The molecule has 1 amide bonds. The van der Waals surface area contributed by atoms with Crippen molar-refractivity contribution in [3.63, 3.8) is 0 Å². The van der Waals surface area contributed by atoms with Gasteiger partial charge in [-0.05, 0) is 48.9 Å². The molecule has 3 heterocycles. The molecule has 5 rings (SSSR count). The van der Waals surface area contributed by atoms with E-state index in [0.29, 0.717) is 28.7 Å². The van der Waals surface area contributed by atoms with E-state index < -0.39 is 6.04 Å². The number of pyridine rings is 1. The number of benzene rings is 2. The van der Waals surface area contributed by atoms with Crippen LogP contribution in [0.15, 0.2) is 90.4 Å². The minimum atomic E-state index is -0.446. The Kier molecular flexibility index (Phi) is 5.32. The van der Waals surface area contributed by atoms with Gasteiger partial charge in [0, 0.05) is 17.5 Å². The zero-order chi connectivity index (χ0) is 22.8. The molecule has 0 fully saturated rings. The number of ether oxygens (including phenoxy) is 1. The number of amides is 1. The van der Waals surface area contributed by atoms with Crippen LogP contribution in [-0.4, -0.2) is 32.8 Å². The molecular weight excluding hydrogens is 416 g/mol. The third-order valence-corrected chi connectivity index (χ3v) is 5.48. The number of allylic oxidation sites excluding steroid dienone is 1. The molecule has 0 bridgehead atoms. The first-order valence-corrected chi connectivity index (χ1v) is 10.5. The first kappa shape index (κ1) is 20.4. The number of nitrogens with one attached hydrogen (secondary N) is 2. The van der Waals surface area contributed by atoms with Crippen molar-refractivity contribution in [2.45, 2.75) is 13.0 Å². The number of carbonyl (C=O) groups excluding carboxylic acids is 1. The smallest absolute Gasteiger partial charge is 0.255 e. The van der Waals surface area contributed by atoms with Crippen LogP contribution < -0.4 is 15.4 Å². The van der Waals surface area contributed by atoms with Gasteiger partial charge in [0.05, 0.1) is 24.6 Å². The van der Waals surface area contributed by atoms with Crippen molar-refractivity contribution in [2.24, 2.45) is 0 Å². The van der Waals surface area contributed by atoms with Gasteiger partial charge in [-0.1, -0.05) is 30.3 Å². The molecule has 0 radical (unpaired) electrons. The van der Waals surface area contributed by atoms with Crippen LogP contribution in [0.4, 0.5) is 11.6 Å². The van der Waals surface area contributed by atoms with Gasteiger partial charge in [0.1, 0.15) is 11.8 Å². The van der Waals surface area contributed by atoms with Gasteiger partial charge in [0.2, 0.25) is 5.95 Å². The molecule has 2 aromatic heterocycles. The van der Waals surface area contributed by atoms with E-state index >= 15 is 0 Å². The van der Waals surface area contributed by atoms with Gasteiger partial charge in [0.25, 0.3) is 5.91 Å². The Balaban J connectivity index is 1.57. The summed E-state index contributed by atoms with van der Waals surface area (Å²) in [5, 5.41) is 11.0. The fraction of sp³-hybridized carbons (Fsp3) is 0.120. The second kappa shape index (κ2) is 8.58. The minimum absolute atomic E-state index is 0.228. The van der Waals surface area contributed by atoms with Crippen LogP contribution in [0.3, 0.4) is 0 Å². The lowest BCUT2D eigenvalue weighted by Gasteiger charge is -2.28. The predicted molar refractivity (Wildman–Crippen MR) is 126 cm³/mol. The molecule has 2 aromatic carbocycles. The van der Waals surface area contributed by atoms with Gasteiger partial charge in [0.15, 0.2) is 5.82 Å². The average Bonchev–Trinajstić information content (AvgIpc) is 3.28. The van der Waals surface area contributed by atoms with Gasteiger partial charge in [-0.2, -0.15) is 4.98 Å². The van der Waals surface area contributed by atoms with Crippen molar-refractivity contribution in [3.05, 3.63) is 96.0 Å². The van der Waals surface area contributed by atoms with E-state index in [1.165, 1.54) is 0 Å². The molecule has 0 unspecified atom stereocenters. The molecule has 4 aromatic rings. The Morgan fingerprint density at radius 2 is 1.85 bits per heavy atom. The summed E-state index contributed by atoms with van der Waals surface area (Å²) in [7, 11) is 1.63. The van der Waals surface area contributed by atoms with E-state index in [9.17, 15) is 4.79 Å². The molecule has 8 heteroatoms. The van der Waals surface area contributed by atoms with E-state index in [1.807, 2.05) is 61.5 Å². The van der Waals surface area contributed by atoms with E-state index in [1.54, 1.807) is 36.3 Å². The summed E-state index contributed by atoms with van der Waals surface area (Å²) in [6, 6.07) is 20.5. The number of hydrogen-bond acceptors (Lipinski definition) is 6. The van der Waals surface area contributed by atoms with Crippen molar-refractivity contribution >= 4 is 17.5 Å². The normalized spacial score (nSPS) is 14.9. The number of carbonyl (C=O) groups is 1. The standard InChI is InChI=1S/C25H22N6O2/c1-16-21(24(32)28-19-9-6-14-26-15-19)22(17-7-4-3-5-8-17)31-25(27-16)29-23(30-31)18-10-12-20(33-2)13-11-18/h3-15,22H,1-2H3,(H,28,32)(H,27,29,30)/t22-/m1/s1. The third-order valence-electron chi connectivity index (χ3n) is 5.48. The highest BCUT2D eigenvalue weighted by Gasteiger charge is 2.34. The van der Waals surface area contributed by atoms with Crippen molar-refractivity contribution in [1.82, 2.24) is 19.7 Å². The maximum atomic E-state index is 13.4. The molecule has 8 nitrogen and oxygen atoms in total. The highest BCUT2D eigenvalue weighted by molar-refractivity contribution is 6.05. The van der Waals surface area contributed by atoms with Crippen LogP contribution in [0.5, 0.6) is 5.75 Å². The fourth-order valence-electron chi connectivity index (χ4n) is 3.89. The number of nitrogens with zero attached hydrogens (tertiary/aromatic N) is 4. The third kappa shape index (κ3) is 3.94. The number of methoxy groups -OCH3 is 1. The molecule has 1 aliphatic heterocycles. The number of anilines is 2. The van der Waals surface area contributed by atoms with Gasteiger partial charge in [-0.25, -0.2) is 4.68 Å². The van der Waals surface area contributed by atoms with E-state index in [-0.39, 0.29) is 5.91 Å². The van der Waals surface area contributed by atoms with Crippen LogP contribution in [0.2, 0.25) is 0 Å². The molecule has 0 aliphatic carbocycles. The molecule has 164 valence electrons. The van der Waals surface area contributed by atoms with Crippen LogP contribution in [-0.2, 0) is 4.79 Å². The zero-order valence-corrected chi connectivity index (χ0v) is 18.2. The highest BCUT2D eigenvalue weighted by Crippen LogP contribution is 2.36. The van der Waals surface area contributed by atoms with E-state index in [2.05, 4.69) is 15.6 Å². The van der Waals surface area contributed by atoms with Crippen molar-refractivity contribution in [1.29, 1.82) is 0 Å². The molecule has 0 saturated heterocycles. The second-order valence-electron chi connectivity index (χ2n) is 7.60. The lowest BCUT2D eigenvalue weighted by molar-refractivity contribution is -0.113. The molecule has 0 spiro atoms. The number of fused-ring (bicyclic) bond motifs is 1. The highest BCUT2D eigenvalue weighted by atomic mass is 16.5. The number of aromatic nitrogens is 4. The number of rotatable bonds is 5. The van der Waals surface area contributed by atoms with E-state index in [0.717, 1.165) is 16.9 Å². The van der Waals surface area contributed by atoms with Crippen molar-refractivity contribution in [3.8, 4) is 17.1 Å². The van der Waals surface area contributed by atoms with Crippen molar-refractivity contribution in [2.75, 3.05) is 17.7 Å². The summed E-state index contributed by atoms with van der Waals surface area (Å²) in [6.45, 7) is 1.87. The summed E-state index contributed by atoms with van der Waals surface area (Å²) in [5.74, 6) is 1.66. The average molecular weight is 438 g/mol. The van der Waals surface area contributed by atoms with Gasteiger partial charge < -0.3 is 15.4 Å². The first-order chi connectivity index (χ1) is 16.1. The van der Waals surface area contributed by atoms with Gasteiger partial charge >= 0.3 is 0 Å². The second-order valence-corrected chi connectivity index (χ2v) is 7.60. The molecule has 1 atom stereocenters. The monoisotopic (exact) mass is 438 g/mol. The fourth-order valence-corrected chi connectivity index (χ4v) is 3.89. The van der Waals surface area contributed by atoms with Gasteiger partial charge in [-0.3, -0.25) is 9.78 Å². The maximum absolute atomic E-state index is 13.4.